The summed E-state index contributed by atoms with van der Waals surface area (Å²) >= 11 is 1.58. The van der Waals surface area contributed by atoms with Gasteiger partial charge in [0.05, 0.1) is 23.6 Å². The van der Waals surface area contributed by atoms with E-state index in [2.05, 4.69) is 27.9 Å². The molecule has 0 saturated carbocycles. The minimum absolute atomic E-state index is 0.105. The molecule has 1 amide bonds. The van der Waals surface area contributed by atoms with Gasteiger partial charge < -0.3 is 15.4 Å². The van der Waals surface area contributed by atoms with E-state index in [0.717, 1.165) is 22.7 Å². The van der Waals surface area contributed by atoms with Crippen molar-refractivity contribution in [2.45, 2.75) is 6.54 Å². The van der Waals surface area contributed by atoms with E-state index in [9.17, 15) is 4.79 Å². The topological polar surface area (TPSA) is 68.2 Å². The van der Waals surface area contributed by atoms with Crippen LogP contribution in [0.25, 0.3) is 10.6 Å². The number of nitrogens with one attached hydrogen (secondary N) is 2. The van der Waals surface area contributed by atoms with Crippen molar-refractivity contribution in [1.82, 2.24) is 20.4 Å². The molecule has 2 N–H and O–H groups in total. The molecule has 3 rings (SSSR count). The highest BCUT2D eigenvalue weighted by atomic mass is 32.1. The zero-order valence-electron chi connectivity index (χ0n) is 15.4. The largest absolute Gasteiger partial charge is 0.383 e. The monoisotopic (exact) mass is 384 g/mol. The molecule has 2 aromatic heterocycles. The normalized spacial score (nSPS) is 10.9. The molecule has 1 aromatic carbocycles. The Morgan fingerprint density at radius 2 is 2.00 bits per heavy atom. The number of benzene rings is 1. The average Bonchev–Trinajstić information content (AvgIpc) is 3.35. The van der Waals surface area contributed by atoms with Gasteiger partial charge in [0, 0.05) is 32.9 Å². The summed E-state index contributed by atoms with van der Waals surface area (Å²) in [7, 11) is 1.67. The second-order valence-electron chi connectivity index (χ2n) is 6.05. The first-order valence-electron chi connectivity index (χ1n) is 8.91. The van der Waals surface area contributed by atoms with Gasteiger partial charge in [-0.15, -0.1) is 11.3 Å². The molecule has 27 heavy (non-hydrogen) atoms. The number of ether oxygens (including phenoxy) is 1. The van der Waals surface area contributed by atoms with Crippen LogP contribution in [0.5, 0.6) is 0 Å². The molecular formula is C20H24N4O2S. The zero-order valence-corrected chi connectivity index (χ0v) is 16.2. The first-order valence-corrected chi connectivity index (χ1v) is 9.79. The van der Waals surface area contributed by atoms with E-state index in [0.29, 0.717) is 31.8 Å². The lowest BCUT2D eigenvalue weighted by atomic mass is 10.2. The molecule has 2 heterocycles. The van der Waals surface area contributed by atoms with Gasteiger partial charge in [-0.25, -0.2) is 0 Å². The van der Waals surface area contributed by atoms with Crippen LogP contribution in [-0.2, 0) is 11.3 Å². The number of thiophene rings is 1. The molecule has 0 aliphatic carbocycles. The van der Waals surface area contributed by atoms with Crippen LogP contribution in [0.3, 0.4) is 0 Å². The number of hydrogen-bond donors (Lipinski definition) is 2. The fraction of sp³-hybridized carbons (Fsp3) is 0.300. The number of methoxy groups -OCH3 is 1. The van der Waals surface area contributed by atoms with Crippen LogP contribution in [0.15, 0.2) is 54.0 Å². The molecule has 0 aliphatic heterocycles. The summed E-state index contributed by atoms with van der Waals surface area (Å²) in [4.78, 5) is 13.7. The fourth-order valence-electron chi connectivity index (χ4n) is 2.69. The third-order valence-electron chi connectivity index (χ3n) is 4.02. The molecule has 0 spiro atoms. The maximum absolute atomic E-state index is 12.7. The summed E-state index contributed by atoms with van der Waals surface area (Å²) in [6.07, 6.45) is 1.83. The van der Waals surface area contributed by atoms with Gasteiger partial charge in [0.2, 0.25) is 0 Å². The standard InChI is InChI=1S/C20H24N4O2S/c1-26-12-11-21-9-10-22-20(25)17-15-24(14-16-6-3-2-4-7-16)23-19(17)18-8-5-13-27-18/h2-8,13,15,21H,9-12,14H2,1H3,(H,22,25). The van der Waals surface area contributed by atoms with Crippen LogP contribution in [0.1, 0.15) is 15.9 Å². The molecule has 3 aromatic rings. The highest BCUT2D eigenvalue weighted by molar-refractivity contribution is 7.13. The number of nitrogens with zero attached hydrogens (tertiary/aromatic N) is 2. The summed E-state index contributed by atoms with van der Waals surface area (Å²) in [5.74, 6) is -0.105. The van der Waals surface area contributed by atoms with E-state index >= 15 is 0 Å². The summed E-state index contributed by atoms with van der Waals surface area (Å²) in [6, 6.07) is 14.1. The summed E-state index contributed by atoms with van der Waals surface area (Å²) in [6.45, 7) is 3.30. The Morgan fingerprint density at radius 1 is 1.15 bits per heavy atom. The fourth-order valence-corrected chi connectivity index (χ4v) is 3.42. The minimum atomic E-state index is -0.105. The van der Waals surface area contributed by atoms with Gasteiger partial charge >= 0.3 is 0 Å². The zero-order chi connectivity index (χ0) is 18.9. The van der Waals surface area contributed by atoms with Gasteiger partial charge in [-0.2, -0.15) is 5.10 Å². The Morgan fingerprint density at radius 3 is 2.74 bits per heavy atom. The van der Waals surface area contributed by atoms with Crippen molar-refractivity contribution in [2.75, 3.05) is 33.4 Å². The van der Waals surface area contributed by atoms with E-state index in [4.69, 9.17) is 4.74 Å². The first kappa shape index (κ1) is 19.3. The second kappa shape index (κ2) is 10.0. The number of amides is 1. The molecule has 6 nitrogen and oxygen atoms in total. The predicted octanol–water partition coefficient (Wildman–Crippen LogP) is 2.63. The molecule has 0 fully saturated rings. The molecule has 142 valence electrons. The summed E-state index contributed by atoms with van der Waals surface area (Å²) < 4.78 is 6.82. The number of rotatable bonds is 10. The van der Waals surface area contributed by atoms with Gasteiger partial charge in [-0.1, -0.05) is 36.4 Å². The summed E-state index contributed by atoms with van der Waals surface area (Å²) in [5.41, 5.74) is 2.48. The van der Waals surface area contributed by atoms with Crippen molar-refractivity contribution in [3.8, 4) is 10.6 Å². The first-order chi connectivity index (χ1) is 13.3. The van der Waals surface area contributed by atoms with E-state index < -0.39 is 0 Å². The maximum Gasteiger partial charge on any atom is 0.255 e. The van der Waals surface area contributed by atoms with Crippen molar-refractivity contribution in [3.63, 3.8) is 0 Å². The van der Waals surface area contributed by atoms with Crippen LogP contribution >= 0.6 is 11.3 Å². The van der Waals surface area contributed by atoms with Crippen LogP contribution < -0.4 is 10.6 Å². The lowest BCUT2D eigenvalue weighted by Crippen LogP contribution is -2.33. The minimum Gasteiger partial charge on any atom is -0.383 e. The van der Waals surface area contributed by atoms with Crippen LogP contribution in [0, 0.1) is 0 Å². The van der Waals surface area contributed by atoms with Crippen molar-refractivity contribution >= 4 is 17.2 Å². The van der Waals surface area contributed by atoms with Crippen molar-refractivity contribution in [1.29, 1.82) is 0 Å². The van der Waals surface area contributed by atoms with Crippen molar-refractivity contribution in [3.05, 3.63) is 65.2 Å². The molecule has 0 radical (unpaired) electrons. The maximum atomic E-state index is 12.7. The van der Waals surface area contributed by atoms with Crippen LogP contribution in [0.4, 0.5) is 0 Å². The van der Waals surface area contributed by atoms with E-state index in [1.807, 2.05) is 46.6 Å². The number of aromatic nitrogens is 2. The number of carbonyl (C=O) groups is 1. The third kappa shape index (κ3) is 5.50. The Balaban J connectivity index is 1.69. The smallest absolute Gasteiger partial charge is 0.255 e. The quantitative estimate of drug-likeness (QED) is 0.527. The van der Waals surface area contributed by atoms with Gasteiger partial charge in [0.15, 0.2) is 0 Å². The highest BCUT2D eigenvalue weighted by Gasteiger charge is 2.18. The van der Waals surface area contributed by atoms with Gasteiger partial charge in [-0.05, 0) is 17.0 Å². The van der Waals surface area contributed by atoms with Gasteiger partial charge in [0.25, 0.3) is 5.91 Å². The van der Waals surface area contributed by atoms with Gasteiger partial charge in [-0.3, -0.25) is 9.48 Å². The van der Waals surface area contributed by atoms with Crippen molar-refractivity contribution in [2.24, 2.45) is 0 Å². The lowest BCUT2D eigenvalue weighted by molar-refractivity contribution is 0.0954. The van der Waals surface area contributed by atoms with Crippen LogP contribution in [0.2, 0.25) is 0 Å². The molecule has 0 atom stereocenters. The van der Waals surface area contributed by atoms with Crippen LogP contribution in [-0.4, -0.2) is 49.0 Å². The molecular weight excluding hydrogens is 360 g/mol. The van der Waals surface area contributed by atoms with E-state index in [1.54, 1.807) is 18.4 Å². The molecule has 0 aliphatic rings. The second-order valence-corrected chi connectivity index (χ2v) is 7.00. The highest BCUT2D eigenvalue weighted by Crippen LogP contribution is 2.27. The summed E-state index contributed by atoms with van der Waals surface area (Å²) in [5, 5.41) is 12.8. The van der Waals surface area contributed by atoms with E-state index in [-0.39, 0.29) is 5.91 Å². The van der Waals surface area contributed by atoms with Gasteiger partial charge in [0.1, 0.15) is 5.69 Å². The van der Waals surface area contributed by atoms with E-state index in [1.165, 1.54) is 0 Å². The van der Waals surface area contributed by atoms with Crippen molar-refractivity contribution < 1.29 is 9.53 Å². The molecule has 0 saturated heterocycles. The Hall–Kier alpha value is -2.48. The number of hydrogen-bond acceptors (Lipinski definition) is 5. The third-order valence-corrected chi connectivity index (χ3v) is 4.90. The molecule has 0 bridgehead atoms. The Labute approximate surface area is 163 Å². The SMILES string of the molecule is COCCNCCNC(=O)c1cn(Cc2ccccc2)nc1-c1cccs1. The molecule has 7 heteroatoms. The Bertz CT molecular complexity index is 831. The molecule has 0 unspecified atom stereocenters. The predicted molar refractivity (Wildman–Crippen MR) is 108 cm³/mol. The Kier molecular flexibility index (Phi) is 7.15. The average molecular weight is 385 g/mol. The number of carbonyl (C=O) groups excluding carboxylic acids is 1. The lowest BCUT2D eigenvalue weighted by Gasteiger charge is -2.06.